The number of nitrogens with zero attached hydrogens (tertiary/aromatic N) is 2. The molecule has 0 spiro atoms. The summed E-state index contributed by atoms with van der Waals surface area (Å²) in [6.45, 7) is 0.425. The van der Waals surface area contributed by atoms with Crippen LogP contribution in [0.25, 0.3) is 0 Å². The normalized spacial score (nSPS) is 10.9. The summed E-state index contributed by atoms with van der Waals surface area (Å²) in [6.07, 6.45) is 0. The predicted octanol–water partition coefficient (Wildman–Crippen LogP) is 3.15. The van der Waals surface area contributed by atoms with E-state index in [0.717, 1.165) is 11.3 Å². The number of anilines is 1. The summed E-state index contributed by atoms with van der Waals surface area (Å²) >= 11 is 6.04. The van der Waals surface area contributed by atoms with Crippen molar-refractivity contribution >= 4 is 23.2 Å². The highest BCUT2D eigenvalue weighted by Gasteiger charge is 2.02. The van der Waals surface area contributed by atoms with Gasteiger partial charge in [0.05, 0.1) is 30.3 Å². The summed E-state index contributed by atoms with van der Waals surface area (Å²) in [5.74, 6) is 0.880. The van der Waals surface area contributed by atoms with E-state index >= 15 is 0 Å². The van der Waals surface area contributed by atoms with Gasteiger partial charge in [-0.2, -0.15) is 5.26 Å². The molecular formula is C16H15ClN4O. The smallest absolute Gasteiger partial charge is 0.193 e. The van der Waals surface area contributed by atoms with Gasteiger partial charge >= 0.3 is 0 Å². The minimum Gasteiger partial charge on any atom is -0.495 e. The number of rotatable bonds is 4. The van der Waals surface area contributed by atoms with Crippen LogP contribution >= 0.6 is 11.6 Å². The third-order valence-electron chi connectivity index (χ3n) is 2.94. The zero-order valence-electron chi connectivity index (χ0n) is 12.0. The number of guanidine groups is 1. The van der Waals surface area contributed by atoms with Crippen molar-refractivity contribution < 1.29 is 4.74 Å². The second-order valence-electron chi connectivity index (χ2n) is 4.48. The molecule has 6 heteroatoms. The molecule has 0 bridgehead atoms. The van der Waals surface area contributed by atoms with Gasteiger partial charge < -0.3 is 15.8 Å². The molecule has 0 saturated heterocycles. The van der Waals surface area contributed by atoms with Crippen LogP contribution in [0.5, 0.6) is 5.75 Å². The number of nitriles is 1. The monoisotopic (exact) mass is 314 g/mol. The van der Waals surface area contributed by atoms with Crippen LogP contribution in [0.2, 0.25) is 5.02 Å². The zero-order chi connectivity index (χ0) is 15.9. The van der Waals surface area contributed by atoms with Crippen LogP contribution in [0.3, 0.4) is 0 Å². The van der Waals surface area contributed by atoms with Crippen molar-refractivity contribution in [1.29, 1.82) is 5.26 Å². The van der Waals surface area contributed by atoms with Crippen molar-refractivity contribution in [3.8, 4) is 11.8 Å². The molecule has 0 aliphatic rings. The van der Waals surface area contributed by atoms with Crippen molar-refractivity contribution in [3.05, 3.63) is 58.6 Å². The quantitative estimate of drug-likeness (QED) is 0.670. The first kappa shape index (κ1) is 15.7. The molecule has 0 radical (unpaired) electrons. The molecule has 0 amide bonds. The van der Waals surface area contributed by atoms with Crippen LogP contribution in [-0.2, 0) is 6.54 Å². The first-order chi connectivity index (χ1) is 10.6. The summed E-state index contributed by atoms with van der Waals surface area (Å²) in [5, 5.41) is 12.2. The number of ether oxygens (including phenoxy) is 1. The van der Waals surface area contributed by atoms with E-state index in [-0.39, 0.29) is 5.96 Å². The summed E-state index contributed by atoms with van der Waals surface area (Å²) in [6, 6.07) is 14.5. The minimum atomic E-state index is 0.283. The van der Waals surface area contributed by atoms with Gasteiger partial charge in [-0.1, -0.05) is 23.7 Å². The van der Waals surface area contributed by atoms with Gasteiger partial charge in [-0.05, 0) is 35.9 Å². The third-order valence-corrected chi connectivity index (χ3v) is 3.23. The number of halogens is 1. The summed E-state index contributed by atoms with van der Waals surface area (Å²) < 4.78 is 5.09. The maximum atomic E-state index is 8.74. The minimum absolute atomic E-state index is 0.283. The molecule has 2 rings (SSSR count). The Bertz CT molecular complexity index is 720. The highest BCUT2D eigenvalue weighted by molar-refractivity contribution is 6.32. The molecule has 0 aliphatic heterocycles. The molecule has 0 aromatic heterocycles. The Morgan fingerprint density at radius 2 is 2.05 bits per heavy atom. The van der Waals surface area contributed by atoms with Crippen LogP contribution < -0.4 is 15.8 Å². The first-order valence-electron chi connectivity index (χ1n) is 6.52. The highest BCUT2D eigenvalue weighted by Crippen LogP contribution is 2.27. The topological polar surface area (TPSA) is 83.4 Å². The molecule has 0 fully saturated rings. The van der Waals surface area contributed by atoms with Gasteiger partial charge in [-0.3, -0.25) is 0 Å². The van der Waals surface area contributed by atoms with Crippen molar-refractivity contribution in [3.63, 3.8) is 0 Å². The van der Waals surface area contributed by atoms with Gasteiger partial charge in [0, 0.05) is 5.69 Å². The number of nitrogens with one attached hydrogen (secondary N) is 1. The van der Waals surface area contributed by atoms with E-state index in [1.54, 1.807) is 37.4 Å². The maximum Gasteiger partial charge on any atom is 0.193 e. The number of methoxy groups -OCH3 is 1. The highest BCUT2D eigenvalue weighted by atomic mass is 35.5. The van der Waals surface area contributed by atoms with E-state index in [0.29, 0.717) is 22.9 Å². The second kappa shape index (κ2) is 7.34. The Morgan fingerprint density at radius 1 is 1.32 bits per heavy atom. The molecule has 3 N–H and O–H groups in total. The molecule has 5 nitrogen and oxygen atoms in total. The van der Waals surface area contributed by atoms with E-state index in [4.69, 9.17) is 27.3 Å². The first-order valence-corrected chi connectivity index (χ1v) is 6.89. The average Bonchev–Trinajstić information content (AvgIpc) is 2.53. The van der Waals surface area contributed by atoms with E-state index in [1.165, 1.54) is 0 Å². The van der Waals surface area contributed by atoms with Crippen LogP contribution in [0.1, 0.15) is 11.1 Å². The lowest BCUT2D eigenvalue weighted by Gasteiger charge is -2.08. The fourth-order valence-electron chi connectivity index (χ4n) is 1.79. The number of aliphatic imine (C=N–C) groups is 1. The fourth-order valence-corrected chi connectivity index (χ4v) is 2.05. The molecule has 0 atom stereocenters. The molecule has 0 saturated carbocycles. The van der Waals surface area contributed by atoms with E-state index in [2.05, 4.69) is 16.4 Å². The fraction of sp³-hybridized carbons (Fsp3) is 0.125. The van der Waals surface area contributed by atoms with Gasteiger partial charge in [0.1, 0.15) is 5.75 Å². The molecule has 0 aliphatic carbocycles. The Balaban J connectivity index is 2.00. The van der Waals surface area contributed by atoms with Crippen molar-refractivity contribution in [2.45, 2.75) is 6.54 Å². The Hall–Kier alpha value is -2.71. The largest absolute Gasteiger partial charge is 0.495 e. The SMILES string of the molecule is COc1ccc(NC(N)=NCc2ccc(C#N)cc2)cc1Cl. The molecule has 2 aromatic rings. The second-order valence-corrected chi connectivity index (χ2v) is 4.89. The lowest BCUT2D eigenvalue weighted by atomic mass is 10.1. The standard InChI is InChI=1S/C16H15ClN4O/c1-22-15-7-6-13(8-14(15)17)21-16(19)20-10-12-4-2-11(9-18)3-5-12/h2-8H,10H2,1H3,(H3,19,20,21). The number of hydrogen-bond acceptors (Lipinski definition) is 3. The summed E-state index contributed by atoms with van der Waals surface area (Å²) in [4.78, 5) is 4.24. The van der Waals surface area contributed by atoms with Gasteiger partial charge in [-0.15, -0.1) is 0 Å². The van der Waals surface area contributed by atoms with Gasteiger partial charge in [0.25, 0.3) is 0 Å². The van der Waals surface area contributed by atoms with Crippen molar-refractivity contribution in [2.75, 3.05) is 12.4 Å². The third kappa shape index (κ3) is 4.14. The van der Waals surface area contributed by atoms with Crippen molar-refractivity contribution in [2.24, 2.45) is 10.7 Å². The zero-order valence-corrected chi connectivity index (χ0v) is 12.8. The molecule has 0 heterocycles. The van der Waals surface area contributed by atoms with E-state index in [1.807, 2.05) is 12.1 Å². The number of benzene rings is 2. The summed E-state index contributed by atoms with van der Waals surface area (Å²) in [5.41, 5.74) is 8.16. The number of nitrogens with two attached hydrogens (primary N) is 1. The van der Waals surface area contributed by atoms with Gasteiger partial charge in [-0.25, -0.2) is 4.99 Å². The summed E-state index contributed by atoms with van der Waals surface area (Å²) in [7, 11) is 1.56. The number of hydrogen-bond donors (Lipinski definition) is 2. The van der Waals surface area contributed by atoms with Crippen LogP contribution in [0, 0.1) is 11.3 Å². The van der Waals surface area contributed by atoms with Crippen molar-refractivity contribution in [1.82, 2.24) is 0 Å². The van der Waals surface area contributed by atoms with Gasteiger partial charge in [0.2, 0.25) is 0 Å². The predicted molar refractivity (Wildman–Crippen MR) is 88.1 cm³/mol. The maximum absolute atomic E-state index is 8.74. The Kier molecular flexibility index (Phi) is 5.23. The molecular weight excluding hydrogens is 300 g/mol. The molecule has 112 valence electrons. The Morgan fingerprint density at radius 3 is 2.64 bits per heavy atom. The molecule has 0 unspecified atom stereocenters. The van der Waals surface area contributed by atoms with Crippen LogP contribution in [-0.4, -0.2) is 13.1 Å². The molecule has 2 aromatic carbocycles. The average molecular weight is 315 g/mol. The van der Waals surface area contributed by atoms with Gasteiger partial charge in [0.15, 0.2) is 5.96 Å². The van der Waals surface area contributed by atoms with E-state index < -0.39 is 0 Å². The Labute approximate surface area is 134 Å². The van der Waals surface area contributed by atoms with Crippen LogP contribution in [0.15, 0.2) is 47.5 Å². The lowest BCUT2D eigenvalue weighted by Crippen LogP contribution is -2.22. The van der Waals surface area contributed by atoms with E-state index in [9.17, 15) is 0 Å². The molecule has 22 heavy (non-hydrogen) atoms. The lowest BCUT2D eigenvalue weighted by molar-refractivity contribution is 0.415. The van der Waals surface area contributed by atoms with Crippen LogP contribution in [0.4, 0.5) is 5.69 Å².